The van der Waals surface area contributed by atoms with Crippen LogP contribution in [0.2, 0.25) is 0 Å². The fourth-order valence-electron chi connectivity index (χ4n) is 1.23. The number of carbonyl (C=O) groups is 2. The Hall–Kier alpha value is -1.94. The van der Waals surface area contributed by atoms with Gasteiger partial charge in [0, 0.05) is 5.69 Å². The summed E-state index contributed by atoms with van der Waals surface area (Å²) in [5.41, 5.74) is 0.623. The molecule has 0 spiro atoms. The second-order valence-corrected chi connectivity index (χ2v) is 4.07. The Balaban J connectivity index is 2.07. The number of hydrogen-bond donors (Lipinski definition) is 1. The Morgan fingerprint density at radius 1 is 1.00 bits per heavy atom. The van der Waals surface area contributed by atoms with Gasteiger partial charge in [-0.1, -0.05) is 24.3 Å². The minimum Gasteiger partial charge on any atom is -0.319 e. The molecule has 1 amide bonds. The smallest absolute Gasteiger partial charge is 0.297 e. The Bertz CT molecular complexity index is 491. The highest BCUT2D eigenvalue weighted by molar-refractivity contribution is 7.13. The maximum absolute atomic E-state index is 11.6. The van der Waals surface area contributed by atoms with Crippen molar-refractivity contribution in [3.63, 3.8) is 0 Å². The van der Waals surface area contributed by atoms with Gasteiger partial charge in [0.15, 0.2) is 0 Å². The normalized spacial score (nSPS) is 9.75. The number of hydrogen-bond acceptors (Lipinski definition) is 3. The van der Waals surface area contributed by atoms with Crippen molar-refractivity contribution in [1.82, 2.24) is 0 Å². The highest BCUT2D eigenvalue weighted by atomic mass is 32.1. The number of Topliss-reactive ketones (excluding diaryl/α,β-unsaturated/α-hetero) is 1. The van der Waals surface area contributed by atoms with Crippen LogP contribution in [0.15, 0.2) is 47.8 Å². The van der Waals surface area contributed by atoms with Crippen LogP contribution < -0.4 is 5.32 Å². The molecule has 2 rings (SSSR count). The summed E-state index contributed by atoms with van der Waals surface area (Å²) < 4.78 is 0. The average Bonchev–Trinajstić information content (AvgIpc) is 2.83. The zero-order valence-electron chi connectivity index (χ0n) is 8.34. The van der Waals surface area contributed by atoms with Gasteiger partial charge in [0.25, 0.3) is 11.7 Å². The van der Waals surface area contributed by atoms with Gasteiger partial charge in [-0.15, -0.1) is 11.3 Å². The number of carbonyl (C=O) groups excluding carboxylic acids is 2. The van der Waals surface area contributed by atoms with Crippen molar-refractivity contribution in [2.75, 3.05) is 5.32 Å². The standard InChI is InChI=1S/C12H9NO2S/c14-11(10-7-4-8-16-10)12(15)13-9-5-2-1-3-6-9/h1-8H,(H,13,15). The van der Waals surface area contributed by atoms with Crippen molar-refractivity contribution in [2.24, 2.45) is 0 Å². The Kier molecular flexibility index (Phi) is 3.12. The first-order chi connectivity index (χ1) is 7.77. The fraction of sp³-hybridized carbons (Fsp3) is 0. The maximum atomic E-state index is 11.6. The Morgan fingerprint density at radius 2 is 1.75 bits per heavy atom. The second-order valence-electron chi connectivity index (χ2n) is 3.13. The van der Waals surface area contributed by atoms with Gasteiger partial charge in [-0.2, -0.15) is 0 Å². The molecule has 0 atom stereocenters. The molecule has 2 aromatic rings. The Labute approximate surface area is 96.7 Å². The van der Waals surface area contributed by atoms with E-state index < -0.39 is 11.7 Å². The summed E-state index contributed by atoms with van der Waals surface area (Å²) >= 11 is 1.26. The van der Waals surface area contributed by atoms with E-state index in [2.05, 4.69) is 5.32 Å². The summed E-state index contributed by atoms with van der Waals surface area (Å²) in [5.74, 6) is -1.10. The van der Waals surface area contributed by atoms with Gasteiger partial charge in [0.05, 0.1) is 4.88 Å². The number of ketones is 1. The summed E-state index contributed by atoms with van der Waals surface area (Å²) in [4.78, 5) is 23.6. The second kappa shape index (κ2) is 4.72. The molecule has 1 aromatic carbocycles. The van der Waals surface area contributed by atoms with E-state index in [1.54, 1.807) is 41.8 Å². The summed E-state index contributed by atoms with van der Waals surface area (Å²) in [6, 6.07) is 12.3. The van der Waals surface area contributed by atoms with Crippen molar-refractivity contribution in [3.8, 4) is 0 Å². The summed E-state index contributed by atoms with van der Waals surface area (Å²) in [5, 5.41) is 4.32. The largest absolute Gasteiger partial charge is 0.319 e. The number of anilines is 1. The van der Waals surface area contributed by atoms with Crippen LogP contribution in [0.3, 0.4) is 0 Å². The number of benzene rings is 1. The van der Waals surface area contributed by atoms with Crippen LogP contribution in [0.4, 0.5) is 5.69 Å². The minimum absolute atomic E-state index is 0.452. The highest BCUT2D eigenvalue weighted by Crippen LogP contribution is 2.11. The molecular formula is C12H9NO2S. The van der Waals surface area contributed by atoms with Gasteiger partial charge < -0.3 is 5.32 Å². The van der Waals surface area contributed by atoms with Gasteiger partial charge >= 0.3 is 0 Å². The van der Waals surface area contributed by atoms with Crippen molar-refractivity contribution in [1.29, 1.82) is 0 Å². The lowest BCUT2D eigenvalue weighted by atomic mass is 10.2. The Morgan fingerprint density at radius 3 is 2.38 bits per heavy atom. The predicted molar refractivity (Wildman–Crippen MR) is 63.7 cm³/mol. The van der Waals surface area contributed by atoms with E-state index in [-0.39, 0.29) is 0 Å². The molecule has 1 N–H and O–H groups in total. The zero-order valence-corrected chi connectivity index (χ0v) is 9.16. The van der Waals surface area contributed by atoms with Crippen LogP contribution in [0, 0.1) is 0 Å². The van der Waals surface area contributed by atoms with Crippen LogP contribution in [-0.2, 0) is 4.79 Å². The van der Waals surface area contributed by atoms with E-state index in [1.165, 1.54) is 11.3 Å². The van der Waals surface area contributed by atoms with Gasteiger partial charge in [0.2, 0.25) is 0 Å². The molecule has 0 saturated carbocycles. The van der Waals surface area contributed by atoms with E-state index >= 15 is 0 Å². The molecule has 0 radical (unpaired) electrons. The van der Waals surface area contributed by atoms with E-state index in [9.17, 15) is 9.59 Å². The lowest BCUT2D eigenvalue weighted by Gasteiger charge is -2.02. The van der Waals surface area contributed by atoms with Gasteiger partial charge in [-0.3, -0.25) is 9.59 Å². The van der Waals surface area contributed by atoms with Gasteiger partial charge in [0.1, 0.15) is 0 Å². The summed E-state index contributed by atoms with van der Waals surface area (Å²) in [7, 11) is 0. The fourth-order valence-corrected chi connectivity index (χ4v) is 1.89. The minimum atomic E-state index is -0.603. The first kappa shape index (κ1) is 10.6. The van der Waals surface area contributed by atoms with Crippen molar-refractivity contribution in [3.05, 3.63) is 52.7 Å². The number of thiophene rings is 1. The SMILES string of the molecule is O=C(Nc1ccccc1)C(=O)c1cccs1. The van der Waals surface area contributed by atoms with E-state index in [0.29, 0.717) is 10.6 Å². The third-order valence-electron chi connectivity index (χ3n) is 1.98. The number of amides is 1. The molecule has 0 saturated heterocycles. The van der Waals surface area contributed by atoms with Gasteiger partial charge in [-0.05, 0) is 23.6 Å². The van der Waals surface area contributed by atoms with E-state index in [0.717, 1.165) is 0 Å². The molecule has 0 bridgehead atoms. The van der Waals surface area contributed by atoms with E-state index in [4.69, 9.17) is 0 Å². The van der Waals surface area contributed by atoms with Crippen LogP contribution in [0.5, 0.6) is 0 Å². The number of rotatable bonds is 3. The van der Waals surface area contributed by atoms with Crippen molar-refractivity contribution < 1.29 is 9.59 Å². The molecule has 0 aliphatic carbocycles. The molecule has 80 valence electrons. The molecule has 16 heavy (non-hydrogen) atoms. The molecular weight excluding hydrogens is 222 g/mol. The van der Waals surface area contributed by atoms with Crippen LogP contribution in [-0.4, -0.2) is 11.7 Å². The van der Waals surface area contributed by atoms with Gasteiger partial charge in [-0.25, -0.2) is 0 Å². The quantitative estimate of drug-likeness (QED) is 0.652. The van der Waals surface area contributed by atoms with Crippen LogP contribution in [0.25, 0.3) is 0 Å². The van der Waals surface area contributed by atoms with Crippen molar-refractivity contribution >= 4 is 28.7 Å². The van der Waals surface area contributed by atoms with Crippen LogP contribution in [0.1, 0.15) is 9.67 Å². The van der Waals surface area contributed by atoms with Crippen molar-refractivity contribution in [2.45, 2.75) is 0 Å². The molecule has 0 aliphatic heterocycles. The molecule has 0 aliphatic rings. The summed E-state index contributed by atoms with van der Waals surface area (Å²) in [6.45, 7) is 0. The number of nitrogens with one attached hydrogen (secondary N) is 1. The molecule has 3 nitrogen and oxygen atoms in total. The topological polar surface area (TPSA) is 46.2 Å². The molecule has 0 unspecified atom stereocenters. The van der Waals surface area contributed by atoms with Crippen LogP contribution >= 0.6 is 11.3 Å². The molecule has 0 fully saturated rings. The number of para-hydroxylation sites is 1. The maximum Gasteiger partial charge on any atom is 0.297 e. The average molecular weight is 231 g/mol. The zero-order chi connectivity index (χ0) is 11.4. The third kappa shape index (κ3) is 2.35. The lowest BCUT2D eigenvalue weighted by Crippen LogP contribution is -2.21. The predicted octanol–water partition coefficient (Wildman–Crippen LogP) is 2.57. The highest BCUT2D eigenvalue weighted by Gasteiger charge is 2.16. The summed E-state index contributed by atoms with van der Waals surface area (Å²) in [6.07, 6.45) is 0. The lowest BCUT2D eigenvalue weighted by molar-refractivity contribution is -0.112. The first-order valence-electron chi connectivity index (χ1n) is 4.71. The van der Waals surface area contributed by atoms with E-state index in [1.807, 2.05) is 6.07 Å². The monoisotopic (exact) mass is 231 g/mol. The first-order valence-corrected chi connectivity index (χ1v) is 5.59. The molecule has 4 heteroatoms. The third-order valence-corrected chi connectivity index (χ3v) is 2.85. The molecule has 1 aromatic heterocycles. The molecule has 1 heterocycles.